The van der Waals surface area contributed by atoms with E-state index in [0.717, 1.165) is 64.4 Å². The van der Waals surface area contributed by atoms with Crippen molar-refractivity contribution in [1.82, 2.24) is 15.0 Å². The van der Waals surface area contributed by atoms with Crippen molar-refractivity contribution in [1.29, 1.82) is 0 Å². The van der Waals surface area contributed by atoms with Crippen LogP contribution < -0.4 is 9.62 Å². The maximum absolute atomic E-state index is 9.85. The fourth-order valence-corrected chi connectivity index (χ4v) is 4.45. The summed E-state index contributed by atoms with van der Waals surface area (Å²) in [5.74, 6) is 0.931. The van der Waals surface area contributed by atoms with Gasteiger partial charge in [-0.15, -0.1) is 0 Å². The maximum atomic E-state index is 9.85. The van der Waals surface area contributed by atoms with Crippen LogP contribution in [0.25, 0.3) is 22.0 Å². The van der Waals surface area contributed by atoms with Crippen LogP contribution >= 0.6 is 11.9 Å². The fourth-order valence-electron chi connectivity index (χ4n) is 3.81. The van der Waals surface area contributed by atoms with Gasteiger partial charge in [-0.3, -0.25) is 4.98 Å². The van der Waals surface area contributed by atoms with Crippen LogP contribution in [0.4, 0.5) is 11.5 Å². The number of hydrogen-bond acceptors (Lipinski definition) is 7. The molecule has 0 spiro atoms. The van der Waals surface area contributed by atoms with Crippen LogP contribution in [0.3, 0.4) is 0 Å². The Kier molecular flexibility index (Phi) is 5.69. The molecule has 7 heteroatoms. The van der Waals surface area contributed by atoms with E-state index in [1.165, 1.54) is 0 Å². The molecule has 6 nitrogen and oxygen atoms in total. The summed E-state index contributed by atoms with van der Waals surface area (Å²) in [7, 11) is 0. The summed E-state index contributed by atoms with van der Waals surface area (Å²) < 4.78 is 3.37. The molecule has 4 aromatic rings. The highest BCUT2D eigenvalue weighted by Crippen LogP contribution is 2.31. The number of aromatic nitrogens is 3. The predicted molar refractivity (Wildman–Crippen MR) is 126 cm³/mol. The van der Waals surface area contributed by atoms with E-state index in [9.17, 15) is 5.11 Å². The Morgan fingerprint density at radius 1 is 0.935 bits per heavy atom. The normalized spacial score (nSPS) is 14.7. The van der Waals surface area contributed by atoms with Gasteiger partial charge in [0, 0.05) is 35.1 Å². The first-order valence-corrected chi connectivity index (χ1v) is 11.2. The average molecular weight is 430 g/mol. The number of rotatable bonds is 5. The lowest BCUT2D eigenvalue weighted by molar-refractivity contribution is 0.145. The van der Waals surface area contributed by atoms with Gasteiger partial charge in [0.25, 0.3) is 0 Å². The van der Waals surface area contributed by atoms with Gasteiger partial charge in [0.1, 0.15) is 12.1 Å². The molecule has 0 aliphatic carbocycles. The van der Waals surface area contributed by atoms with Gasteiger partial charge in [-0.1, -0.05) is 24.3 Å². The van der Waals surface area contributed by atoms with E-state index in [1.807, 2.05) is 36.7 Å². The smallest absolute Gasteiger partial charge is 0.139 e. The van der Waals surface area contributed by atoms with Crippen molar-refractivity contribution in [3.8, 4) is 11.1 Å². The van der Waals surface area contributed by atoms with Crippen molar-refractivity contribution in [2.24, 2.45) is 0 Å². The second kappa shape index (κ2) is 8.91. The Balaban J connectivity index is 1.43. The van der Waals surface area contributed by atoms with Crippen molar-refractivity contribution in [3.63, 3.8) is 0 Å². The SMILES string of the molecule is OC1CCN(c2ncnc3ccc(-c4cncc(NSc5ccccc5)c4)cc23)CC1. The van der Waals surface area contributed by atoms with Crippen LogP contribution in [-0.4, -0.2) is 39.3 Å². The molecule has 1 fully saturated rings. The van der Waals surface area contributed by atoms with Crippen LogP contribution in [0.15, 0.2) is 78.2 Å². The second-order valence-corrected chi connectivity index (χ2v) is 8.51. The lowest BCUT2D eigenvalue weighted by Crippen LogP contribution is -2.36. The predicted octanol–water partition coefficient (Wildman–Crippen LogP) is 4.77. The largest absolute Gasteiger partial charge is 0.393 e. The van der Waals surface area contributed by atoms with Gasteiger partial charge in [0.15, 0.2) is 0 Å². The molecule has 1 saturated heterocycles. The zero-order chi connectivity index (χ0) is 21.0. The third-order valence-corrected chi connectivity index (χ3v) is 6.33. The Labute approximate surface area is 185 Å². The molecule has 0 bridgehead atoms. The second-order valence-electron chi connectivity index (χ2n) is 7.63. The highest BCUT2D eigenvalue weighted by Gasteiger charge is 2.20. The van der Waals surface area contributed by atoms with Crippen molar-refractivity contribution in [2.75, 3.05) is 22.7 Å². The number of nitrogens with zero attached hydrogens (tertiary/aromatic N) is 4. The van der Waals surface area contributed by atoms with Crippen LogP contribution in [0.5, 0.6) is 0 Å². The van der Waals surface area contributed by atoms with Gasteiger partial charge in [-0.05, 0) is 60.7 Å². The van der Waals surface area contributed by atoms with Crippen molar-refractivity contribution >= 4 is 34.4 Å². The molecule has 1 aliphatic heterocycles. The fraction of sp³-hybridized carbons (Fsp3) is 0.208. The van der Waals surface area contributed by atoms with E-state index >= 15 is 0 Å². The monoisotopic (exact) mass is 429 g/mol. The summed E-state index contributed by atoms with van der Waals surface area (Å²) in [6.07, 6.45) is 6.64. The molecule has 0 atom stereocenters. The summed E-state index contributed by atoms with van der Waals surface area (Å²) in [5, 5.41) is 10.9. The first kappa shape index (κ1) is 19.8. The van der Waals surface area contributed by atoms with Crippen molar-refractivity contribution < 1.29 is 5.11 Å². The molecule has 2 N–H and O–H groups in total. The summed E-state index contributed by atoms with van der Waals surface area (Å²) in [6.45, 7) is 1.60. The molecule has 156 valence electrons. The molecule has 2 aromatic carbocycles. The van der Waals surface area contributed by atoms with Crippen LogP contribution in [0.1, 0.15) is 12.8 Å². The Morgan fingerprint density at radius 2 is 1.77 bits per heavy atom. The standard InChI is InChI=1S/C24H23N5OS/c30-20-8-10-29(11-9-20)24-22-13-17(6-7-23(22)26-16-27-24)18-12-19(15-25-14-18)28-31-21-4-2-1-3-5-21/h1-7,12-16,20,28,30H,8-11H2. The highest BCUT2D eigenvalue weighted by atomic mass is 32.2. The molecule has 3 heterocycles. The molecule has 1 aliphatic rings. The summed E-state index contributed by atoms with van der Waals surface area (Å²) in [6, 6.07) is 18.5. The van der Waals surface area contributed by atoms with Crippen LogP contribution in [0, 0.1) is 0 Å². The van der Waals surface area contributed by atoms with Crippen molar-refractivity contribution in [2.45, 2.75) is 23.8 Å². The van der Waals surface area contributed by atoms with Gasteiger partial charge < -0.3 is 14.7 Å². The third-order valence-electron chi connectivity index (χ3n) is 5.48. The summed E-state index contributed by atoms with van der Waals surface area (Å²) >= 11 is 1.56. The molecule has 5 rings (SSSR count). The van der Waals surface area contributed by atoms with Crippen LogP contribution in [-0.2, 0) is 0 Å². The minimum absolute atomic E-state index is 0.213. The van der Waals surface area contributed by atoms with Crippen molar-refractivity contribution in [3.05, 3.63) is 73.3 Å². The van der Waals surface area contributed by atoms with Gasteiger partial charge in [-0.25, -0.2) is 9.97 Å². The van der Waals surface area contributed by atoms with E-state index in [1.54, 1.807) is 18.3 Å². The highest BCUT2D eigenvalue weighted by molar-refractivity contribution is 8.00. The van der Waals surface area contributed by atoms with Gasteiger partial charge in [0.05, 0.1) is 23.5 Å². The summed E-state index contributed by atoms with van der Waals surface area (Å²) in [4.78, 5) is 16.8. The number of aliphatic hydroxyl groups is 1. The zero-order valence-corrected chi connectivity index (χ0v) is 17.8. The average Bonchev–Trinajstić information content (AvgIpc) is 2.83. The number of pyridine rings is 1. The first-order chi connectivity index (χ1) is 15.3. The van der Waals surface area contributed by atoms with E-state index in [0.29, 0.717) is 0 Å². The molecular formula is C24H23N5OS. The van der Waals surface area contributed by atoms with E-state index in [4.69, 9.17) is 0 Å². The lowest BCUT2D eigenvalue weighted by atomic mass is 10.0. The Hall–Kier alpha value is -3.16. The number of aliphatic hydroxyl groups excluding tert-OH is 1. The third kappa shape index (κ3) is 4.47. The topological polar surface area (TPSA) is 74.2 Å². The molecule has 0 radical (unpaired) electrons. The van der Waals surface area contributed by atoms with Gasteiger partial charge in [0.2, 0.25) is 0 Å². The van der Waals surface area contributed by atoms with E-state index < -0.39 is 0 Å². The molecule has 0 unspecified atom stereocenters. The number of anilines is 2. The van der Waals surface area contributed by atoms with E-state index in [-0.39, 0.29) is 6.10 Å². The first-order valence-electron chi connectivity index (χ1n) is 10.4. The Morgan fingerprint density at radius 3 is 2.61 bits per heavy atom. The van der Waals surface area contributed by atoms with Gasteiger partial charge in [-0.2, -0.15) is 0 Å². The van der Waals surface area contributed by atoms with Crippen LogP contribution in [0.2, 0.25) is 0 Å². The quantitative estimate of drug-likeness (QED) is 0.443. The molecule has 31 heavy (non-hydrogen) atoms. The Bertz CT molecular complexity index is 1180. The number of nitrogens with one attached hydrogen (secondary N) is 1. The van der Waals surface area contributed by atoms with Gasteiger partial charge >= 0.3 is 0 Å². The summed E-state index contributed by atoms with van der Waals surface area (Å²) in [5.41, 5.74) is 3.97. The maximum Gasteiger partial charge on any atom is 0.139 e. The minimum Gasteiger partial charge on any atom is -0.393 e. The molecular weight excluding hydrogens is 406 g/mol. The number of hydrogen-bond donors (Lipinski definition) is 2. The zero-order valence-electron chi connectivity index (χ0n) is 17.0. The molecule has 2 aromatic heterocycles. The number of benzene rings is 2. The molecule has 0 saturated carbocycles. The lowest BCUT2D eigenvalue weighted by Gasteiger charge is -2.31. The molecule has 0 amide bonds. The van der Waals surface area contributed by atoms with E-state index in [2.05, 4.69) is 54.9 Å². The minimum atomic E-state index is -0.213. The number of piperidine rings is 1. The number of fused-ring (bicyclic) bond motifs is 1.